The minimum absolute atomic E-state index is 0.177. The third kappa shape index (κ3) is 4.93. The number of carbonyl (C=O) groups excluding carboxylic acids is 1. The molecule has 0 aromatic carbocycles. The van der Waals surface area contributed by atoms with Gasteiger partial charge in [-0.3, -0.25) is 4.79 Å². The van der Waals surface area contributed by atoms with Gasteiger partial charge in [0.2, 0.25) is 0 Å². The van der Waals surface area contributed by atoms with Crippen LogP contribution in [0.3, 0.4) is 0 Å². The molecule has 0 radical (unpaired) electrons. The van der Waals surface area contributed by atoms with Crippen LogP contribution in [0.4, 0.5) is 4.79 Å². The number of hydrogen-bond acceptors (Lipinski definition) is 5. The van der Waals surface area contributed by atoms with Gasteiger partial charge in [-0.25, -0.2) is 9.48 Å². The molecule has 94 valence electrons. The van der Waals surface area contributed by atoms with Crippen LogP contribution in [0.15, 0.2) is 6.20 Å². The molecule has 0 spiro atoms. The number of carboxylic acid groups (broad SMARTS) is 1. The van der Waals surface area contributed by atoms with E-state index in [-0.39, 0.29) is 19.1 Å². The number of nitrogens with two attached hydrogens (primary N) is 1. The summed E-state index contributed by atoms with van der Waals surface area (Å²) in [5, 5.41) is 20.9. The highest BCUT2D eigenvalue weighted by atomic mass is 16.4. The Morgan fingerprint density at radius 3 is 2.88 bits per heavy atom. The lowest BCUT2D eigenvalue weighted by molar-refractivity contribution is -0.137. The Morgan fingerprint density at radius 2 is 2.24 bits per heavy atom. The summed E-state index contributed by atoms with van der Waals surface area (Å²) in [5.74, 6) is -1.00. The summed E-state index contributed by atoms with van der Waals surface area (Å²) in [7, 11) is 0. The van der Waals surface area contributed by atoms with Crippen LogP contribution in [-0.4, -0.2) is 45.2 Å². The SMILES string of the molecule is NCCNC(=O)NCc1cn(CC(=O)O)nn1. The minimum Gasteiger partial charge on any atom is -0.480 e. The zero-order chi connectivity index (χ0) is 12.7. The minimum atomic E-state index is -1.00. The van der Waals surface area contributed by atoms with Crippen molar-refractivity contribution in [2.24, 2.45) is 5.73 Å². The molecule has 5 N–H and O–H groups in total. The molecule has 0 unspecified atom stereocenters. The van der Waals surface area contributed by atoms with Crippen LogP contribution in [-0.2, 0) is 17.9 Å². The second-order valence-corrected chi connectivity index (χ2v) is 3.20. The predicted octanol–water partition coefficient (Wildman–Crippen LogP) is -1.88. The fraction of sp³-hybridized carbons (Fsp3) is 0.500. The van der Waals surface area contributed by atoms with Crippen LogP contribution >= 0.6 is 0 Å². The van der Waals surface area contributed by atoms with Crippen molar-refractivity contribution >= 4 is 12.0 Å². The first-order chi connectivity index (χ1) is 8.11. The first kappa shape index (κ1) is 12.9. The van der Waals surface area contributed by atoms with Crippen LogP contribution in [0.2, 0.25) is 0 Å². The van der Waals surface area contributed by atoms with Crippen LogP contribution < -0.4 is 16.4 Å². The molecule has 0 aliphatic heterocycles. The lowest BCUT2D eigenvalue weighted by Gasteiger charge is -2.03. The fourth-order valence-electron chi connectivity index (χ4n) is 1.05. The van der Waals surface area contributed by atoms with Crippen molar-refractivity contribution in [2.75, 3.05) is 13.1 Å². The van der Waals surface area contributed by atoms with Crippen LogP contribution in [0.5, 0.6) is 0 Å². The summed E-state index contributed by atoms with van der Waals surface area (Å²) in [6.07, 6.45) is 1.46. The van der Waals surface area contributed by atoms with E-state index in [0.29, 0.717) is 18.8 Å². The number of carboxylic acids is 1. The van der Waals surface area contributed by atoms with Crippen molar-refractivity contribution in [1.82, 2.24) is 25.6 Å². The molecule has 1 heterocycles. The second-order valence-electron chi connectivity index (χ2n) is 3.20. The number of aromatic nitrogens is 3. The Bertz CT molecular complexity index is 390. The summed E-state index contributed by atoms with van der Waals surface area (Å²) in [5.41, 5.74) is 5.69. The largest absolute Gasteiger partial charge is 0.480 e. The lowest BCUT2D eigenvalue weighted by Crippen LogP contribution is -2.37. The monoisotopic (exact) mass is 242 g/mol. The lowest BCUT2D eigenvalue weighted by atomic mass is 10.4. The van der Waals surface area contributed by atoms with Gasteiger partial charge in [-0.15, -0.1) is 5.10 Å². The van der Waals surface area contributed by atoms with E-state index in [0.717, 1.165) is 0 Å². The standard InChI is InChI=1S/C8H14N6O3/c9-1-2-10-8(17)11-3-6-4-14(13-12-6)5-7(15)16/h4H,1-3,5,9H2,(H,15,16)(H2,10,11,17). The summed E-state index contributed by atoms with van der Waals surface area (Å²) < 4.78 is 1.18. The summed E-state index contributed by atoms with van der Waals surface area (Å²) in [6, 6.07) is -0.358. The van der Waals surface area contributed by atoms with Gasteiger partial charge in [-0.1, -0.05) is 5.21 Å². The third-order valence-corrected chi connectivity index (χ3v) is 1.74. The number of hydrogen-bond donors (Lipinski definition) is 4. The van der Waals surface area contributed by atoms with Gasteiger partial charge in [0.05, 0.1) is 12.7 Å². The Morgan fingerprint density at radius 1 is 1.47 bits per heavy atom. The Kier molecular flexibility index (Phi) is 4.88. The maximum atomic E-state index is 11.1. The van der Waals surface area contributed by atoms with Crippen molar-refractivity contribution in [2.45, 2.75) is 13.1 Å². The maximum absolute atomic E-state index is 11.1. The van der Waals surface area contributed by atoms with E-state index in [1.54, 1.807) is 0 Å². The molecule has 1 rings (SSSR count). The zero-order valence-corrected chi connectivity index (χ0v) is 9.09. The highest BCUT2D eigenvalue weighted by Crippen LogP contribution is 1.92. The number of rotatable bonds is 6. The summed E-state index contributed by atoms with van der Waals surface area (Å²) >= 11 is 0. The number of nitrogens with one attached hydrogen (secondary N) is 2. The summed E-state index contributed by atoms with van der Waals surface area (Å²) in [4.78, 5) is 21.5. The maximum Gasteiger partial charge on any atom is 0.325 e. The first-order valence-electron chi connectivity index (χ1n) is 4.94. The normalized spacial score (nSPS) is 9.94. The van der Waals surface area contributed by atoms with Gasteiger partial charge in [-0.05, 0) is 0 Å². The van der Waals surface area contributed by atoms with Crippen LogP contribution in [0, 0.1) is 0 Å². The molecule has 0 aliphatic carbocycles. The van der Waals surface area contributed by atoms with E-state index in [4.69, 9.17) is 10.8 Å². The van der Waals surface area contributed by atoms with E-state index < -0.39 is 5.97 Å². The molecule has 0 saturated heterocycles. The third-order valence-electron chi connectivity index (χ3n) is 1.74. The molecule has 17 heavy (non-hydrogen) atoms. The van der Waals surface area contributed by atoms with Gasteiger partial charge < -0.3 is 21.5 Å². The molecule has 9 heteroatoms. The van der Waals surface area contributed by atoms with Crippen molar-refractivity contribution in [3.8, 4) is 0 Å². The van der Waals surface area contributed by atoms with Crippen molar-refractivity contribution in [3.63, 3.8) is 0 Å². The van der Waals surface area contributed by atoms with Crippen molar-refractivity contribution in [3.05, 3.63) is 11.9 Å². The number of amides is 2. The van der Waals surface area contributed by atoms with E-state index >= 15 is 0 Å². The molecule has 0 aliphatic rings. The number of carbonyl (C=O) groups is 2. The van der Waals surface area contributed by atoms with Gasteiger partial charge >= 0.3 is 12.0 Å². The molecule has 9 nitrogen and oxygen atoms in total. The van der Waals surface area contributed by atoms with Gasteiger partial charge in [0.25, 0.3) is 0 Å². The highest BCUT2D eigenvalue weighted by molar-refractivity contribution is 5.73. The second kappa shape index (κ2) is 6.43. The van der Waals surface area contributed by atoms with E-state index in [9.17, 15) is 9.59 Å². The molecular weight excluding hydrogens is 228 g/mol. The van der Waals surface area contributed by atoms with Gasteiger partial charge in [0.15, 0.2) is 0 Å². The van der Waals surface area contributed by atoms with Gasteiger partial charge in [-0.2, -0.15) is 0 Å². The van der Waals surface area contributed by atoms with Crippen molar-refractivity contribution < 1.29 is 14.7 Å². The molecule has 0 saturated carbocycles. The van der Waals surface area contributed by atoms with Gasteiger partial charge in [0, 0.05) is 13.1 Å². The molecule has 1 aromatic rings. The quantitative estimate of drug-likeness (QED) is 0.461. The average Bonchev–Trinajstić information content (AvgIpc) is 2.70. The number of aliphatic carboxylic acids is 1. The van der Waals surface area contributed by atoms with Crippen LogP contribution in [0.25, 0.3) is 0 Å². The molecule has 0 fully saturated rings. The van der Waals surface area contributed by atoms with Crippen LogP contribution in [0.1, 0.15) is 5.69 Å². The Hall–Kier alpha value is -2.16. The molecule has 0 bridgehead atoms. The van der Waals surface area contributed by atoms with E-state index in [1.165, 1.54) is 10.9 Å². The zero-order valence-electron chi connectivity index (χ0n) is 9.09. The van der Waals surface area contributed by atoms with E-state index in [1.807, 2.05) is 0 Å². The molecule has 2 amide bonds. The number of nitrogens with zero attached hydrogens (tertiary/aromatic N) is 3. The highest BCUT2D eigenvalue weighted by Gasteiger charge is 2.05. The van der Waals surface area contributed by atoms with E-state index in [2.05, 4.69) is 20.9 Å². The fourth-order valence-corrected chi connectivity index (χ4v) is 1.05. The topological polar surface area (TPSA) is 135 Å². The number of urea groups is 1. The first-order valence-corrected chi connectivity index (χ1v) is 4.94. The van der Waals surface area contributed by atoms with Gasteiger partial charge in [0.1, 0.15) is 12.2 Å². The Balaban J connectivity index is 2.34. The average molecular weight is 242 g/mol. The predicted molar refractivity (Wildman–Crippen MR) is 57.0 cm³/mol. The van der Waals surface area contributed by atoms with Crippen molar-refractivity contribution in [1.29, 1.82) is 0 Å². The molecule has 1 aromatic heterocycles. The Labute approximate surface area is 97.0 Å². The smallest absolute Gasteiger partial charge is 0.325 e. The molecular formula is C8H14N6O3. The summed E-state index contributed by atoms with van der Waals surface area (Å²) in [6.45, 7) is 0.669. The molecule has 0 atom stereocenters.